The van der Waals surface area contributed by atoms with E-state index in [2.05, 4.69) is 22.8 Å². The highest BCUT2D eigenvalue weighted by molar-refractivity contribution is 5.86. The summed E-state index contributed by atoms with van der Waals surface area (Å²) in [6.45, 7) is -0.0388. The van der Waals surface area contributed by atoms with Gasteiger partial charge in [0, 0.05) is 12.3 Å². The number of phenolic OH excluding ortho intramolecular Hbond substituents is 1. The molecule has 0 spiro atoms. The number of phenols is 1. The zero-order valence-electron chi connectivity index (χ0n) is 17.8. The summed E-state index contributed by atoms with van der Waals surface area (Å²) in [7, 11) is 0. The van der Waals surface area contributed by atoms with Crippen LogP contribution in [-0.4, -0.2) is 36.3 Å². The minimum atomic E-state index is -0.932. The number of hydrogen-bond donors (Lipinski definition) is 3. The topological polar surface area (TPSA) is 111 Å². The fourth-order valence-corrected chi connectivity index (χ4v) is 4.11. The van der Waals surface area contributed by atoms with E-state index in [-0.39, 0.29) is 31.2 Å². The second-order valence-corrected chi connectivity index (χ2v) is 7.77. The zero-order valence-corrected chi connectivity index (χ0v) is 17.8. The summed E-state index contributed by atoms with van der Waals surface area (Å²) in [5, 5.41) is 23.3. The molecule has 0 heterocycles. The average Bonchev–Trinajstić information content (AvgIpc) is 3.16. The summed E-state index contributed by atoms with van der Waals surface area (Å²) < 4.78 is 5.55. The van der Waals surface area contributed by atoms with Gasteiger partial charge in [0.15, 0.2) is 0 Å². The number of rotatable bonds is 7. The number of fused-ring (bicyclic) bond motifs is 3. The second kappa shape index (κ2) is 9.88. The molecular formula is C26H23N3O4. The lowest BCUT2D eigenvalue weighted by Crippen LogP contribution is -2.48. The van der Waals surface area contributed by atoms with E-state index >= 15 is 0 Å². The average molecular weight is 441 g/mol. The van der Waals surface area contributed by atoms with Crippen molar-refractivity contribution in [1.29, 1.82) is 5.26 Å². The normalized spacial score (nSPS) is 12.7. The summed E-state index contributed by atoms with van der Waals surface area (Å²) >= 11 is 0. The van der Waals surface area contributed by atoms with Crippen molar-refractivity contribution in [1.82, 2.24) is 10.6 Å². The number of nitriles is 1. The van der Waals surface area contributed by atoms with Crippen molar-refractivity contribution in [2.45, 2.75) is 18.4 Å². The largest absolute Gasteiger partial charge is 0.508 e. The van der Waals surface area contributed by atoms with Crippen LogP contribution >= 0.6 is 0 Å². The number of nitrogens with one attached hydrogen (secondary N) is 2. The third kappa shape index (κ3) is 4.96. The van der Waals surface area contributed by atoms with Gasteiger partial charge in [-0.1, -0.05) is 60.7 Å². The van der Waals surface area contributed by atoms with Crippen molar-refractivity contribution in [3.63, 3.8) is 0 Å². The minimum Gasteiger partial charge on any atom is -0.508 e. The maximum Gasteiger partial charge on any atom is 0.407 e. The van der Waals surface area contributed by atoms with Crippen molar-refractivity contribution in [2.24, 2.45) is 0 Å². The molecule has 3 aromatic carbocycles. The van der Waals surface area contributed by atoms with Crippen LogP contribution in [0.2, 0.25) is 0 Å². The van der Waals surface area contributed by atoms with Crippen LogP contribution in [0.4, 0.5) is 4.79 Å². The summed E-state index contributed by atoms with van der Waals surface area (Å²) in [6.07, 6.45) is -0.533. The van der Waals surface area contributed by atoms with Crippen LogP contribution < -0.4 is 10.6 Å². The van der Waals surface area contributed by atoms with Gasteiger partial charge >= 0.3 is 6.09 Å². The van der Waals surface area contributed by atoms with Crippen LogP contribution in [0.5, 0.6) is 5.75 Å². The standard InChI is InChI=1S/C26H23N3O4/c27-13-14-28-25(31)24(15-17-9-11-18(30)12-10-17)29-26(32)33-16-23-21-7-3-1-5-19(21)20-6-2-4-8-22(20)23/h1-12,23-24,30H,14-16H2,(H,28,31)(H,29,32). The van der Waals surface area contributed by atoms with Crippen LogP contribution in [-0.2, 0) is 16.0 Å². The first kappa shape index (κ1) is 21.9. The van der Waals surface area contributed by atoms with Gasteiger partial charge in [0.2, 0.25) is 5.91 Å². The van der Waals surface area contributed by atoms with Crippen molar-refractivity contribution >= 4 is 12.0 Å². The molecule has 166 valence electrons. The third-order valence-electron chi connectivity index (χ3n) is 5.67. The van der Waals surface area contributed by atoms with E-state index in [1.54, 1.807) is 12.1 Å². The van der Waals surface area contributed by atoms with Gasteiger partial charge in [0.05, 0.1) is 6.07 Å². The molecule has 0 radical (unpaired) electrons. The molecular weight excluding hydrogens is 418 g/mol. The number of hydrogen-bond acceptors (Lipinski definition) is 5. The van der Waals surface area contributed by atoms with E-state index in [4.69, 9.17) is 10.00 Å². The number of ether oxygens (including phenoxy) is 1. The van der Waals surface area contributed by atoms with Crippen LogP contribution in [0.1, 0.15) is 22.6 Å². The highest BCUT2D eigenvalue weighted by Crippen LogP contribution is 2.44. The molecule has 3 N–H and O–H groups in total. The molecule has 1 unspecified atom stereocenters. The lowest BCUT2D eigenvalue weighted by Gasteiger charge is -2.19. The van der Waals surface area contributed by atoms with E-state index in [1.165, 1.54) is 12.1 Å². The first-order valence-corrected chi connectivity index (χ1v) is 10.6. The summed E-state index contributed by atoms with van der Waals surface area (Å²) in [6, 6.07) is 23.3. The smallest absolute Gasteiger partial charge is 0.407 e. The molecule has 7 heteroatoms. The first-order chi connectivity index (χ1) is 16.1. The molecule has 3 aromatic rings. The van der Waals surface area contributed by atoms with Crippen LogP contribution in [0.15, 0.2) is 72.8 Å². The Hall–Kier alpha value is -4.31. The van der Waals surface area contributed by atoms with Crippen LogP contribution in [0.25, 0.3) is 11.1 Å². The van der Waals surface area contributed by atoms with E-state index in [9.17, 15) is 14.7 Å². The van der Waals surface area contributed by atoms with Crippen molar-refractivity contribution < 1.29 is 19.4 Å². The highest BCUT2D eigenvalue weighted by Gasteiger charge is 2.29. The van der Waals surface area contributed by atoms with Gasteiger partial charge in [-0.05, 0) is 39.9 Å². The molecule has 0 aromatic heterocycles. The molecule has 0 aliphatic heterocycles. The Morgan fingerprint density at radius 1 is 0.970 bits per heavy atom. The number of nitrogens with zero attached hydrogens (tertiary/aromatic N) is 1. The molecule has 2 amide bonds. The zero-order chi connectivity index (χ0) is 23.2. The van der Waals surface area contributed by atoms with Crippen molar-refractivity contribution in [3.8, 4) is 22.9 Å². The van der Waals surface area contributed by atoms with Gasteiger partial charge in [-0.25, -0.2) is 4.79 Å². The lowest BCUT2D eigenvalue weighted by molar-refractivity contribution is -0.122. The van der Waals surface area contributed by atoms with E-state index in [0.717, 1.165) is 27.8 Å². The SMILES string of the molecule is N#CCNC(=O)C(Cc1ccc(O)cc1)NC(=O)OCC1c2ccccc2-c2ccccc21. The van der Waals surface area contributed by atoms with Gasteiger partial charge in [0.25, 0.3) is 0 Å². The van der Waals surface area contributed by atoms with Gasteiger partial charge in [0.1, 0.15) is 24.9 Å². The minimum absolute atomic E-state index is 0.0916. The highest BCUT2D eigenvalue weighted by atomic mass is 16.5. The Morgan fingerprint density at radius 2 is 1.58 bits per heavy atom. The first-order valence-electron chi connectivity index (χ1n) is 10.6. The molecule has 0 bridgehead atoms. The van der Waals surface area contributed by atoms with E-state index in [1.807, 2.05) is 42.5 Å². The number of carbonyl (C=O) groups is 2. The molecule has 1 aliphatic carbocycles. The molecule has 0 saturated heterocycles. The molecule has 1 aliphatic rings. The lowest BCUT2D eigenvalue weighted by atomic mass is 9.98. The van der Waals surface area contributed by atoms with Crippen molar-refractivity contribution in [3.05, 3.63) is 89.5 Å². The van der Waals surface area contributed by atoms with E-state index in [0.29, 0.717) is 0 Å². The summed E-state index contributed by atoms with van der Waals surface area (Å²) in [5.74, 6) is -0.474. The molecule has 1 atom stereocenters. The fourth-order valence-electron chi connectivity index (χ4n) is 4.11. The Kier molecular flexibility index (Phi) is 6.56. The predicted molar refractivity (Wildman–Crippen MR) is 122 cm³/mol. The number of benzene rings is 3. The number of alkyl carbamates (subject to hydrolysis) is 1. The van der Waals surface area contributed by atoms with Crippen LogP contribution in [0.3, 0.4) is 0 Å². The van der Waals surface area contributed by atoms with E-state index < -0.39 is 18.0 Å². The summed E-state index contributed by atoms with van der Waals surface area (Å²) in [5.41, 5.74) is 5.19. The Bertz CT molecular complexity index is 1160. The fraction of sp³-hybridized carbons (Fsp3) is 0.192. The summed E-state index contributed by atoms with van der Waals surface area (Å²) in [4.78, 5) is 25.2. The molecule has 0 saturated carbocycles. The van der Waals surface area contributed by atoms with Crippen LogP contribution in [0, 0.1) is 11.3 Å². The molecule has 33 heavy (non-hydrogen) atoms. The van der Waals surface area contributed by atoms with Gasteiger partial charge < -0.3 is 20.5 Å². The maximum absolute atomic E-state index is 12.6. The number of aromatic hydroxyl groups is 1. The number of amides is 2. The van der Waals surface area contributed by atoms with Gasteiger partial charge in [-0.2, -0.15) is 5.26 Å². The Balaban J connectivity index is 1.44. The van der Waals surface area contributed by atoms with Gasteiger partial charge in [-0.15, -0.1) is 0 Å². The second-order valence-electron chi connectivity index (χ2n) is 7.77. The molecule has 7 nitrogen and oxygen atoms in total. The third-order valence-corrected chi connectivity index (χ3v) is 5.67. The quantitative estimate of drug-likeness (QED) is 0.486. The van der Waals surface area contributed by atoms with Gasteiger partial charge in [-0.3, -0.25) is 4.79 Å². The predicted octanol–water partition coefficient (Wildman–Crippen LogP) is 3.48. The maximum atomic E-state index is 12.6. The monoisotopic (exact) mass is 441 g/mol. The number of carbonyl (C=O) groups excluding carboxylic acids is 2. The molecule has 0 fully saturated rings. The molecule has 4 rings (SSSR count). The van der Waals surface area contributed by atoms with Crippen molar-refractivity contribution in [2.75, 3.05) is 13.2 Å². The Morgan fingerprint density at radius 3 is 2.18 bits per heavy atom. The Labute approximate surface area is 191 Å².